The molecule has 0 aliphatic carbocycles. The topological polar surface area (TPSA) is 44.1 Å². The van der Waals surface area contributed by atoms with Crippen molar-refractivity contribution in [1.29, 1.82) is 0 Å². The van der Waals surface area contributed by atoms with Gasteiger partial charge in [0.15, 0.2) is 0 Å². The molecule has 1 aromatic rings. The third kappa shape index (κ3) is 3.36. The summed E-state index contributed by atoms with van der Waals surface area (Å²) in [4.78, 5) is 16.5. The SMILES string of the molecule is CCc1c(C)nc2n(c1=O)CCCC2.COP. The van der Waals surface area contributed by atoms with E-state index >= 15 is 0 Å². The normalized spacial score (nSPS) is 13.6. The molecule has 0 bridgehead atoms. The van der Waals surface area contributed by atoms with Crippen LogP contribution in [0.2, 0.25) is 0 Å². The highest BCUT2D eigenvalue weighted by atomic mass is 31.0. The van der Waals surface area contributed by atoms with Crippen molar-refractivity contribution in [1.82, 2.24) is 9.55 Å². The molecule has 5 heteroatoms. The molecule has 0 saturated heterocycles. The first-order valence-corrected chi connectivity index (χ1v) is 6.44. The van der Waals surface area contributed by atoms with Crippen molar-refractivity contribution in [2.75, 3.05) is 7.11 Å². The molecule has 1 aliphatic rings. The number of hydrogen-bond acceptors (Lipinski definition) is 3. The number of rotatable bonds is 1. The molecule has 0 radical (unpaired) electrons. The molecule has 0 amide bonds. The average Bonchev–Trinajstić information content (AvgIpc) is 2.30. The molecule has 2 rings (SSSR count). The Morgan fingerprint density at radius 1 is 1.47 bits per heavy atom. The fraction of sp³-hybridized carbons (Fsp3) is 0.667. The lowest BCUT2D eigenvalue weighted by atomic mass is 10.1. The molecule has 0 aromatic carbocycles. The second-order valence-corrected chi connectivity index (χ2v) is 4.57. The maximum Gasteiger partial charge on any atom is 0.256 e. The van der Waals surface area contributed by atoms with E-state index in [1.54, 1.807) is 7.11 Å². The Kier molecular flexibility index (Phi) is 5.79. The van der Waals surface area contributed by atoms with Gasteiger partial charge in [0.25, 0.3) is 5.56 Å². The minimum absolute atomic E-state index is 0.190. The first-order chi connectivity index (χ1) is 8.15. The van der Waals surface area contributed by atoms with Crippen molar-refractivity contribution in [3.8, 4) is 0 Å². The summed E-state index contributed by atoms with van der Waals surface area (Å²) < 4.78 is 6.02. The number of aryl methyl sites for hydroxylation is 2. The van der Waals surface area contributed by atoms with Gasteiger partial charge >= 0.3 is 0 Å². The predicted octanol–water partition coefficient (Wildman–Crippen LogP) is 1.87. The zero-order chi connectivity index (χ0) is 12.8. The van der Waals surface area contributed by atoms with Crippen LogP contribution >= 0.6 is 9.47 Å². The van der Waals surface area contributed by atoms with Gasteiger partial charge in [-0.1, -0.05) is 6.92 Å². The quantitative estimate of drug-likeness (QED) is 0.720. The van der Waals surface area contributed by atoms with Crippen molar-refractivity contribution in [3.05, 3.63) is 27.4 Å². The highest BCUT2D eigenvalue weighted by Gasteiger charge is 2.15. The monoisotopic (exact) mass is 256 g/mol. The molecule has 0 fully saturated rings. The average molecular weight is 256 g/mol. The molecule has 0 N–H and O–H groups in total. The fourth-order valence-corrected chi connectivity index (χ4v) is 2.14. The van der Waals surface area contributed by atoms with Crippen molar-refractivity contribution in [2.24, 2.45) is 0 Å². The minimum atomic E-state index is 0.190. The van der Waals surface area contributed by atoms with Crippen LogP contribution in [0.4, 0.5) is 0 Å². The summed E-state index contributed by atoms with van der Waals surface area (Å²) in [6, 6.07) is 0. The Morgan fingerprint density at radius 3 is 2.71 bits per heavy atom. The van der Waals surface area contributed by atoms with E-state index in [1.807, 2.05) is 18.4 Å². The Hall–Kier alpha value is -0.730. The molecule has 4 nitrogen and oxygen atoms in total. The van der Waals surface area contributed by atoms with Gasteiger partial charge in [0.1, 0.15) is 5.82 Å². The lowest BCUT2D eigenvalue weighted by Gasteiger charge is -2.18. The van der Waals surface area contributed by atoms with Gasteiger partial charge in [0.2, 0.25) is 0 Å². The molecule has 96 valence electrons. The van der Waals surface area contributed by atoms with Gasteiger partial charge in [-0.05, 0) is 35.7 Å². The fourth-order valence-electron chi connectivity index (χ4n) is 2.14. The van der Waals surface area contributed by atoms with E-state index in [-0.39, 0.29) is 5.56 Å². The Balaban J connectivity index is 0.000000437. The van der Waals surface area contributed by atoms with Crippen LogP contribution in [0.3, 0.4) is 0 Å². The molecule has 1 aromatic heterocycles. The third-order valence-electron chi connectivity index (χ3n) is 2.93. The van der Waals surface area contributed by atoms with Gasteiger partial charge in [-0.15, -0.1) is 0 Å². The maximum absolute atomic E-state index is 12.0. The van der Waals surface area contributed by atoms with Crippen LogP contribution in [0.15, 0.2) is 4.79 Å². The van der Waals surface area contributed by atoms with E-state index in [4.69, 9.17) is 0 Å². The molecule has 17 heavy (non-hydrogen) atoms. The third-order valence-corrected chi connectivity index (χ3v) is 2.93. The molecule has 0 saturated carbocycles. The van der Waals surface area contributed by atoms with Gasteiger partial charge < -0.3 is 4.52 Å². The van der Waals surface area contributed by atoms with E-state index in [1.165, 1.54) is 0 Å². The lowest BCUT2D eigenvalue weighted by Crippen LogP contribution is -2.31. The van der Waals surface area contributed by atoms with Crippen LogP contribution in [0, 0.1) is 6.92 Å². The van der Waals surface area contributed by atoms with Gasteiger partial charge in [0.05, 0.1) is 0 Å². The number of nitrogens with zero attached hydrogens (tertiary/aromatic N) is 2. The molecular formula is C12H21N2O2P. The summed E-state index contributed by atoms with van der Waals surface area (Å²) in [5.74, 6) is 0.982. The van der Waals surface area contributed by atoms with Gasteiger partial charge in [-0.25, -0.2) is 4.98 Å². The van der Waals surface area contributed by atoms with Gasteiger partial charge in [0, 0.05) is 31.3 Å². The summed E-state index contributed by atoms with van der Waals surface area (Å²) in [7, 11) is 3.67. The van der Waals surface area contributed by atoms with Crippen LogP contribution < -0.4 is 5.56 Å². The second-order valence-electron chi connectivity index (χ2n) is 4.10. The zero-order valence-corrected chi connectivity index (χ0v) is 12.0. The minimum Gasteiger partial charge on any atom is -0.369 e. The zero-order valence-electron chi connectivity index (χ0n) is 10.8. The van der Waals surface area contributed by atoms with Crippen LogP contribution in [0.5, 0.6) is 0 Å². The smallest absolute Gasteiger partial charge is 0.256 e. The lowest BCUT2D eigenvalue weighted by molar-refractivity contribution is 0.488. The molecule has 1 atom stereocenters. The highest BCUT2D eigenvalue weighted by Crippen LogP contribution is 2.12. The number of fused-ring (bicyclic) bond motifs is 1. The molecule has 2 heterocycles. The van der Waals surface area contributed by atoms with Crippen molar-refractivity contribution < 1.29 is 4.52 Å². The van der Waals surface area contributed by atoms with Crippen molar-refractivity contribution in [2.45, 2.75) is 46.1 Å². The van der Waals surface area contributed by atoms with Gasteiger partial charge in [-0.3, -0.25) is 9.36 Å². The van der Waals surface area contributed by atoms with E-state index in [9.17, 15) is 4.79 Å². The number of aromatic nitrogens is 2. The first-order valence-electron chi connectivity index (χ1n) is 5.97. The highest BCUT2D eigenvalue weighted by molar-refractivity contribution is 7.09. The van der Waals surface area contributed by atoms with E-state index < -0.39 is 0 Å². The Bertz CT molecular complexity index is 429. The summed E-state index contributed by atoms with van der Waals surface area (Å²) in [6.07, 6.45) is 4.02. The predicted molar refractivity (Wildman–Crippen MR) is 72.3 cm³/mol. The second kappa shape index (κ2) is 6.87. The van der Waals surface area contributed by atoms with Crippen molar-refractivity contribution in [3.63, 3.8) is 0 Å². The van der Waals surface area contributed by atoms with Crippen LogP contribution in [0.25, 0.3) is 0 Å². The Morgan fingerprint density at radius 2 is 2.12 bits per heavy atom. The summed E-state index contributed by atoms with van der Waals surface area (Å²) in [5, 5.41) is 0. The molecule has 1 unspecified atom stereocenters. The van der Waals surface area contributed by atoms with Crippen LogP contribution in [0.1, 0.15) is 36.8 Å². The summed E-state index contributed by atoms with van der Waals surface area (Å²) in [5.41, 5.74) is 2.00. The maximum atomic E-state index is 12.0. The van der Waals surface area contributed by atoms with Crippen LogP contribution in [-0.2, 0) is 23.9 Å². The Labute approximate surface area is 105 Å². The summed E-state index contributed by atoms with van der Waals surface area (Å²) in [6.45, 7) is 4.81. The standard InChI is InChI=1S/C11H16N2O.CH5OP/c1-3-9-8(2)12-10-6-4-5-7-13(10)11(9)14;1-2-3/h3-7H2,1-2H3;3H2,1H3. The molecule has 0 spiro atoms. The largest absolute Gasteiger partial charge is 0.369 e. The first kappa shape index (κ1) is 14.3. The van der Waals surface area contributed by atoms with Gasteiger partial charge in [-0.2, -0.15) is 0 Å². The molecule has 1 aliphatic heterocycles. The van der Waals surface area contributed by atoms with E-state index in [0.717, 1.165) is 49.3 Å². The van der Waals surface area contributed by atoms with E-state index in [2.05, 4.69) is 19.0 Å². The van der Waals surface area contributed by atoms with E-state index in [0.29, 0.717) is 0 Å². The summed E-state index contributed by atoms with van der Waals surface area (Å²) >= 11 is 0. The molecular weight excluding hydrogens is 235 g/mol. The van der Waals surface area contributed by atoms with Crippen LogP contribution in [-0.4, -0.2) is 16.7 Å². The van der Waals surface area contributed by atoms with Crippen molar-refractivity contribution >= 4 is 9.47 Å². The number of hydrogen-bond donors (Lipinski definition) is 0.